The molecule has 33 heavy (non-hydrogen) atoms. The van der Waals surface area contributed by atoms with E-state index in [1.165, 1.54) is 18.3 Å². The van der Waals surface area contributed by atoms with E-state index in [1.807, 2.05) is 52.1 Å². The van der Waals surface area contributed by atoms with Gasteiger partial charge < -0.3 is 9.72 Å². The first-order chi connectivity index (χ1) is 15.7. The molecule has 6 nitrogen and oxygen atoms in total. The Balaban J connectivity index is 1.53. The van der Waals surface area contributed by atoms with E-state index in [9.17, 15) is 9.59 Å². The second-order valence-electron chi connectivity index (χ2n) is 8.43. The third-order valence-corrected chi connectivity index (χ3v) is 6.67. The Morgan fingerprint density at radius 1 is 1.06 bits per heavy atom. The van der Waals surface area contributed by atoms with Crippen molar-refractivity contribution in [3.05, 3.63) is 74.9 Å². The molecule has 4 rings (SSSR count). The van der Waals surface area contributed by atoms with Gasteiger partial charge in [0.1, 0.15) is 6.61 Å². The Kier molecular flexibility index (Phi) is 6.08. The Hall–Kier alpha value is -3.45. The maximum atomic E-state index is 12.7. The van der Waals surface area contributed by atoms with Gasteiger partial charge in [-0.25, -0.2) is 9.78 Å². The van der Waals surface area contributed by atoms with E-state index in [1.54, 1.807) is 11.0 Å². The average molecular weight is 462 g/mol. The number of nitrogens with zero attached hydrogens (tertiary/aromatic N) is 2. The Morgan fingerprint density at radius 3 is 2.42 bits per heavy atom. The van der Waals surface area contributed by atoms with E-state index in [-0.39, 0.29) is 12.5 Å². The standard InChI is InChI=1S/C26H27N3O3S/c1-14-9-15(2)24(16(3)10-14)29(19(6)30)26-28-21(13-33-26)12-32-25(31)20-7-8-23-22(11-20)17(4)18(5)27-23/h7-11,13,27H,12H2,1-6H3. The fourth-order valence-corrected chi connectivity index (χ4v) is 5.05. The number of benzene rings is 2. The van der Waals surface area contributed by atoms with Crippen LogP contribution < -0.4 is 4.90 Å². The largest absolute Gasteiger partial charge is 0.456 e. The summed E-state index contributed by atoms with van der Waals surface area (Å²) in [5, 5.41) is 3.39. The number of hydrogen-bond donors (Lipinski definition) is 1. The summed E-state index contributed by atoms with van der Waals surface area (Å²) in [6.07, 6.45) is 0. The van der Waals surface area contributed by atoms with Gasteiger partial charge in [-0.15, -0.1) is 11.3 Å². The van der Waals surface area contributed by atoms with Gasteiger partial charge in [0.05, 0.1) is 16.9 Å². The van der Waals surface area contributed by atoms with E-state index in [2.05, 4.69) is 22.1 Å². The molecule has 170 valence electrons. The summed E-state index contributed by atoms with van der Waals surface area (Å²) in [5.74, 6) is -0.522. The predicted molar refractivity (Wildman–Crippen MR) is 132 cm³/mol. The lowest BCUT2D eigenvalue weighted by Gasteiger charge is -2.23. The minimum Gasteiger partial charge on any atom is -0.456 e. The molecule has 0 atom stereocenters. The van der Waals surface area contributed by atoms with Crippen LogP contribution in [0.15, 0.2) is 35.7 Å². The van der Waals surface area contributed by atoms with E-state index < -0.39 is 5.97 Å². The van der Waals surface area contributed by atoms with Crippen LogP contribution >= 0.6 is 11.3 Å². The van der Waals surface area contributed by atoms with Gasteiger partial charge in [-0.05, 0) is 69.5 Å². The molecule has 0 fully saturated rings. The molecule has 1 N–H and O–H groups in total. The first-order valence-electron chi connectivity index (χ1n) is 10.7. The van der Waals surface area contributed by atoms with Crippen LogP contribution in [-0.4, -0.2) is 21.8 Å². The SMILES string of the molecule is CC(=O)N(c1nc(COC(=O)c2ccc3[nH]c(C)c(C)c3c2)cs1)c1c(C)cc(C)cc1C. The molecule has 0 spiro atoms. The van der Waals surface area contributed by atoms with Gasteiger partial charge in [-0.1, -0.05) is 17.7 Å². The van der Waals surface area contributed by atoms with E-state index in [0.717, 1.165) is 44.5 Å². The highest BCUT2D eigenvalue weighted by Gasteiger charge is 2.22. The van der Waals surface area contributed by atoms with Crippen LogP contribution in [0.4, 0.5) is 10.8 Å². The van der Waals surface area contributed by atoms with Crippen LogP contribution in [-0.2, 0) is 16.1 Å². The number of esters is 1. The van der Waals surface area contributed by atoms with Crippen LogP contribution in [0.1, 0.15) is 50.9 Å². The summed E-state index contributed by atoms with van der Waals surface area (Å²) in [6, 6.07) is 9.61. The molecule has 0 radical (unpaired) electrons. The lowest BCUT2D eigenvalue weighted by molar-refractivity contribution is -0.115. The third-order valence-electron chi connectivity index (χ3n) is 5.80. The summed E-state index contributed by atoms with van der Waals surface area (Å²) >= 11 is 1.36. The van der Waals surface area contributed by atoms with Gasteiger partial charge in [0, 0.05) is 28.9 Å². The summed E-state index contributed by atoms with van der Waals surface area (Å²) in [5.41, 5.74) is 8.31. The minimum absolute atomic E-state index is 0.0378. The molecule has 0 unspecified atom stereocenters. The molecule has 7 heteroatoms. The Labute approximate surface area is 197 Å². The van der Waals surface area contributed by atoms with E-state index >= 15 is 0 Å². The summed E-state index contributed by atoms with van der Waals surface area (Å²) < 4.78 is 5.52. The van der Waals surface area contributed by atoms with Crippen molar-refractivity contribution in [2.24, 2.45) is 0 Å². The number of aryl methyl sites for hydroxylation is 5. The number of H-pyrrole nitrogens is 1. The number of aromatic nitrogens is 2. The van der Waals surface area contributed by atoms with Gasteiger partial charge >= 0.3 is 5.97 Å². The first-order valence-corrected chi connectivity index (χ1v) is 11.6. The second-order valence-corrected chi connectivity index (χ2v) is 9.27. The van der Waals surface area contributed by atoms with E-state index in [0.29, 0.717) is 16.4 Å². The highest BCUT2D eigenvalue weighted by atomic mass is 32.1. The van der Waals surface area contributed by atoms with Crippen molar-refractivity contribution in [3.8, 4) is 0 Å². The fraction of sp³-hybridized carbons (Fsp3) is 0.269. The Bertz CT molecular complexity index is 1360. The van der Waals surface area contributed by atoms with Gasteiger partial charge in [0.25, 0.3) is 0 Å². The van der Waals surface area contributed by atoms with E-state index in [4.69, 9.17) is 4.74 Å². The first kappa shape index (κ1) is 22.7. The van der Waals surface area contributed by atoms with Crippen molar-refractivity contribution < 1.29 is 14.3 Å². The van der Waals surface area contributed by atoms with Crippen LogP contribution in [0.2, 0.25) is 0 Å². The number of aromatic amines is 1. The zero-order valence-corrected chi connectivity index (χ0v) is 20.5. The number of nitrogens with one attached hydrogen (secondary N) is 1. The van der Waals surface area contributed by atoms with Crippen LogP contribution in [0.5, 0.6) is 0 Å². The zero-order valence-electron chi connectivity index (χ0n) is 19.7. The molecular formula is C26H27N3O3S. The van der Waals surface area contributed by atoms with Gasteiger partial charge in [0.15, 0.2) is 5.13 Å². The quantitative estimate of drug-likeness (QED) is 0.359. The van der Waals surface area contributed by atoms with Crippen molar-refractivity contribution in [1.82, 2.24) is 9.97 Å². The number of anilines is 2. The molecule has 0 bridgehead atoms. The number of amides is 1. The number of fused-ring (bicyclic) bond motifs is 1. The Morgan fingerprint density at radius 2 is 1.76 bits per heavy atom. The number of ether oxygens (including phenoxy) is 1. The number of hydrogen-bond acceptors (Lipinski definition) is 5. The van der Waals surface area contributed by atoms with Gasteiger partial charge in [0.2, 0.25) is 5.91 Å². The lowest BCUT2D eigenvalue weighted by atomic mass is 10.0. The molecule has 0 aliphatic heterocycles. The molecule has 0 aliphatic rings. The maximum Gasteiger partial charge on any atom is 0.338 e. The van der Waals surface area contributed by atoms with Crippen molar-refractivity contribution in [1.29, 1.82) is 0 Å². The number of rotatable bonds is 5. The average Bonchev–Trinajstić information content (AvgIpc) is 3.32. The molecular weight excluding hydrogens is 434 g/mol. The molecule has 4 aromatic rings. The molecule has 0 saturated heterocycles. The molecule has 2 aromatic heterocycles. The highest BCUT2D eigenvalue weighted by Crippen LogP contribution is 2.34. The normalized spacial score (nSPS) is 11.1. The minimum atomic E-state index is -0.404. The third kappa shape index (κ3) is 4.41. The number of carbonyl (C=O) groups is 2. The maximum absolute atomic E-state index is 12.7. The molecule has 1 amide bonds. The molecule has 0 aliphatic carbocycles. The number of thiazole rings is 1. The summed E-state index contributed by atoms with van der Waals surface area (Å²) in [4.78, 5) is 34.7. The molecule has 2 heterocycles. The van der Waals surface area contributed by atoms with Crippen molar-refractivity contribution in [3.63, 3.8) is 0 Å². The van der Waals surface area contributed by atoms with Crippen LogP contribution in [0.25, 0.3) is 10.9 Å². The van der Waals surface area contributed by atoms with Gasteiger partial charge in [-0.3, -0.25) is 9.69 Å². The molecule has 2 aromatic carbocycles. The van der Waals surface area contributed by atoms with Crippen molar-refractivity contribution in [2.75, 3.05) is 4.90 Å². The van der Waals surface area contributed by atoms with Crippen molar-refractivity contribution >= 4 is 44.9 Å². The lowest BCUT2D eigenvalue weighted by Crippen LogP contribution is -2.24. The monoisotopic (exact) mass is 461 g/mol. The number of carbonyl (C=O) groups excluding carboxylic acids is 2. The van der Waals surface area contributed by atoms with Crippen LogP contribution in [0, 0.1) is 34.6 Å². The fourth-order valence-electron chi connectivity index (χ4n) is 4.19. The predicted octanol–water partition coefficient (Wildman–Crippen LogP) is 6.21. The summed E-state index contributed by atoms with van der Waals surface area (Å²) in [6.45, 7) is 11.6. The topological polar surface area (TPSA) is 75.3 Å². The summed E-state index contributed by atoms with van der Waals surface area (Å²) in [7, 11) is 0. The zero-order chi connectivity index (χ0) is 23.9. The second kappa shape index (κ2) is 8.83. The van der Waals surface area contributed by atoms with Crippen LogP contribution in [0.3, 0.4) is 0 Å². The van der Waals surface area contributed by atoms with Gasteiger partial charge in [-0.2, -0.15) is 0 Å². The smallest absolute Gasteiger partial charge is 0.338 e. The van der Waals surface area contributed by atoms with Crippen molar-refractivity contribution in [2.45, 2.75) is 48.1 Å². The highest BCUT2D eigenvalue weighted by molar-refractivity contribution is 7.14. The molecule has 0 saturated carbocycles.